The first-order chi connectivity index (χ1) is 12.5. The summed E-state index contributed by atoms with van der Waals surface area (Å²) in [4.78, 5) is 10.2. The number of nitrogens with one attached hydrogen (secondary N) is 2. The van der Waals surface area contributed by atoms with E-state index in [1.165, 1.54) is 45.3 Å². The standard InChI is InChI=1S/C17H28F3N5S.HI/c1-21-16(23-12-15-24-14(13-26-15)17(18,19)20)22-8-4-2-5-9-25-10-6-3-7-11-25;/h13H,2-12H2,1H3,(H2,21,22,23);1H. The largest absolute Gasteiger partial charge is 0.434 e. The lowest BCUT2D eigenvalue weighted by atomic mass is 10.1. The molecule has 5 nitrogen and oxygen atoms in total. The fourth-order valence-corrected chi connectivity index (χ4v) is 3.67. The number of aromatic nitrogens is 1. The molecule has 0 amide bonds. The lowest BCUT2D eigenvalue weighted by molar-refractivity contribution is -0.140. The summed E-state index contributed by atoms with van der Waals surface area (Å²) in [6.45, 7) is 4.68. The van der Waals surface area contributed by atoms with E-state index in [4.69, 9.17) is 0 Å². The number of thiazole rings is 1. The molecule has 0 aliphatic carbocycles. The predicted octanol–water partition coefficient (Wildman–Crippen LogP) is 4.10. The monoisotopic (exact) mass is 519 g/mol. The first-order valence-corrected chi connectivity index (χ1v) is 10.1. The topological polar surface area (TPSA) is 52.6 Å². The second-order valence-corrected chi connectivity index (χ2v) is 7.38. The van der Waals surface area contributed by atoms with Crippen LogP contribution in [0.1, 0.15) is 49.2 Å². The molecular formula is C17H29F3IN5S. The third-order valence-electron chi connectivity index (χ3n) is 4.37. The molecule has 1 aliphatic rings. The Morgan fingerprint density at radius 2 is 1.93 bits per heavy atom. The Kier molecular flexibility index (Phi) is 11.5. The SMILES string of the molecule is CN=C(NCCCCCN1CCCCC1)NCc1nc(C(F)(F)F)cs1.I. The summed E-state index contributed by atoms with van der Waals surface area (Å²) in [5, 5.41) is 7.63. The van der Waals surface area contributed by atoms with Crippen molar-refractivity contribution in [1.29, 1.82) is 0 Å². The molecule has 0 spiro atoms. The Bertz CT molecular complexity index is 559. The highest BCUT2D eigenvalue weighted by Gasteiger charge is 2.33. The van der Waals surface area contributed by atoms with Gasteiger partial charge in [0.25, 0.3) is 0 Å². The van der Waals surface area contributed by atoms with Crippen LogP contribution in [0.2, 0.25) is 0 Å². The minimum absolute atomic E-state index is 0. The zero-order valence-electron chi connectivity index (χ0n) is 15.6. The van der Waals surface area contributed by atoms with Gasteiger partial charge in [-0.3, -0.25) is 4.99 Å². The highest BCUT2D eigenvalue weighted by molar-refractivity contribution is 14.0. The second-order valence-electron chi connectivity index (χ2n) is 6.44. The van der Waals surface area contributed by atoms with E-state index in [0.29, 0.717) is 11.0 Å². The molecule has 156 valence electrons. The average molecular weight is 519 g/mol. The van der Waals surface area contributed by atoms with Gasteiger partial charge in [-0.2, -0.15) is 13.2 Å². The van der Waals surface area contributed by atoms with Crippen LogP contribution in [-0.4, -0.2) is 49.1 Å². The van der Waals surface area contributed by atoms with Crippen LogP contribution in [0.4, 0.5) is 13.2 Å². The summed E-state index contributed by atoms with van der Waals surface area (Å²) in [5.41, 5.74) is -0.837. The van der Waals surface area contributed by atoms with Gasteiger partial charge in [-0.15, -0.1) is 35.3 Å². The molecule has 27 heavy (non-hydrogen) atoms. The number of aliphatic imine (C=N–C) groups is 1. The Morgan fingerprint density at radius 3 is 2.56 bits per heavy atom. The Morgan fingerprint density at radius 1 is 1.19 bits per heavy atom. The minimum atomic E-state index is -4.39. The van der Waals surface area contributed by atoms with Crippen LogP contribution in [0.3, 0.4) is 0 Å². The molecule has 0 aromatic carbocycles. The normalized spacial score (nSPS) is 16.1. The molecule has 2 heterocycles. The molecule has 1 saturated heterocycles. The Labute approximate surface area is 180 Å². The van der Waals surface area contributed by atoms with Crippen LogP contribution in [0, 0.1) is 0 Å². The number of unbranched alkanes of at least 4 members (excludes halogenated alkanes) is 2. The highest BCUT2D eigenvalue weighted by atomic mass is 127. The Hall–Kier alpha value is -0.620. The molecular weight excluding hydrogens is 490 g/mol. The van der Waals surface area contributed by atoms with E-state index in [1.54, 1.807) is 7.05 Å². The molecule has 10 heteroatoms. The van der Waals surface area contributed by atoms with Gasteiger partial charge in [0.15, 0.2) is 11.7 Å². The lowest BCUT2D eigenvalue weighted by Gasteiger charge is -2.26. The van der Waals surface area contributed by atoms with Crippen molar-refractivity contribution in [2.75, 3.05) is 33.2 Å². The second kappa shape index (κ2) is 12.8. The van der Waals surface area contributed by atoms with Gasteiger partial charge in [0.1, 0.15) is 5.01 Å². The first kappa shape index (κ1) is 24.4. The minimum Gasteiger partial charge on any atom is -0.356 e. The van der Waals surface area contributed by atoms with Gasteiger partial charge in [-0.1, -0.05) is 12.8 Å². The quantitative estimate of drug-likeness (QED) is 0.235. The molecule has 0 unspecified atom stereocenters. The van der Waals surface area contributed by atoms with Crippen molar-refractivity contribution in [2.45, 2.75) is 51.2 Å². The summed E-state index contributed by atoms with van der Waals surface area (Å²) >= 11 is 0.996. The molecule has 1 aliphatic heterocycles. The molecule has 0 radical (unpaired) electrons. The summed E-state index contributed by atoms with van der Waals surface area (Å²) in [7, 11) is 1.65. The molecule has 1 aromatic rings. The average Bonchev–Trinajstić information content (AvgIpc) is 3.11. The molecule has 0 bridgehead atoms. The van der Waals surface area contributed by atoms with Gasteiger partial charge >= 0.3 is 6.18 Å². The zero-order chi connectivity index (χ0) is 18.8. The van der Waals surface area contributed by atoms with E-state index >= 15 is 0 Å². The number of alkyl halides is 3. The van der Waals surface area contributed by atoms with Gasteiger partial charge in [-0.25, -0.2) is 4.98 Å². The number of halogens is 4. The van der Waals surface area contributed by atoms with E-state index in [-0.39, 0.29) is 30.5 Å². The number of likely N-dealkylation sites (tertiary alicyclic amines) is 1. The maximum absolute atomic E-state index is 12.5. The first-order valence-electron chi connectivity index (χ1n) is 9.17. The smallest absolute Gasteiger partial charge is 0.356 e. The van der Waals surface area contributed by atoms with E-state index < -0.39 is 11.9 Å². The lowest BCUT2D eigenvalue weighted by Crippen LogP contribution is -2.37. The summed E-state index contributed by atoms with van der Waals surface area (Å²) < 4.78 is 37.6. The van der Waals surface area contributed by atoms with E-state index in [1.807, 2.05) is 0 Å². The van der Waals surface area contributed by atoms with Crippen molar-refractivity contribution in [3.05, 3.63) is 16.1 Å². The number of rotatable bonds is 8. The van der Waals surface area contributed by atoms with E-state index in [0.717, 1.165) is 36.1 Å². The molecule has 2 rings (SSSR count). The van der Waals surface area contributed by atoms with Crippen molar-refractivity contribution in [3.8, 4) is 0 Å². The van der Waals surface area contributed by atoms with Crippen molar-refractivity contribution in [3.63, 3.8) is 0 Å². The number of hydrogen-bond donors (Lipinski definition) is 2. The van der Waals surface area contributed by atoms with Gasteiger partial charge < -0.3 is 15.5 Å². The van der Waals surface area contributed by atoms with Crippen LogP contribution >= 0.6 is 35.3 Å². The molecule has 0 atom stereocenters. The van der Waals surface area contributed by atoms with Gasteiger partial charge in [0.05, 0.1) is 6.54 Å². The summed E-state index contributed by atoms with van der Waals surface area (Å²) in [6.07, 6.45) is 3.03. The van der Waals surface area contributed by atoms with Crippen LogP contribution in [0.5, 0.6) is 0 Å². The van der Waals surface area contributed by atoms with E-state index in [9.17, 15) is 13.2 Å². The summed E-state index contributed by atoms with van der Waals surface area (Å²) in [5.74, 6) is 0.588. The molecule has 1 aromatic heterocycles. The van der Waals surface area contributed by atoms with E-state index in [2.05, 4.69) is 25.5 Å². The predicted molar refractivity (Wildman–Crippen MR) is 115 cm³/mol. The third kappa shape index (κ3) is 9.42. The third-order valence-corrected chi connectivity index (χ3v) is 5.21. The summed E-state index contributed by atoms with van der Waals surface area (Å²) in [6, 6.07) is 0. The maximum atomic E-state index is 12.5. The van der Waals surface area contributed by atoms with Gasteiger partial charge in [0.2, 0.25) is 0 Å². The van der Waals surface area contributed by atoms with Crippen LogP contribution in [0.15, 0.2) is 10.4 Å². The van der Waals surface area contributed by atoms with Crippen molar-refractivity contribution >= 4 is 41.3 Å². The van der Waals surface area contributed by atoms with Gasteiger partial charge in [-0.05, 0) is 45.3 Å². The molecule has 2 N–H and O–H groups in total. The number of nitrogens with zero attached hydrogens (tertiary/aromatic N) is 3. The van der Waals surface area contributed by atoms with Crippen molar-refractivity contribution in [1.82, 2.24) is 20.5 Å². The van der Waals surface area contributed by atoms with Crippen LogP contribution in [-0.2, 0) is 12.7 Å². The zero-order valence-corrected chi connectivity index (χ0v) is 18.8. The number of guanidine groups is 1. The number of hydrogen-bond acceptors (Lipinski definition) is 4. The highest BCUT2D eigenvalue weighted by Crippen LogP contribution is 2.29. The van der Waals surface area contributed by atoms with Crippen LogP contribution in [0.25, 0.3) is 0 Å². The molecule has 1 fully saturated rings. The van der Waals surface area contributed by atoms with Crippen molar-refractivity contribution in [2.24, 2.45) is 4.99 Å². The fourth-order valence-electron chi connectivity index (χ4n) is 2.93. The van der Waals surface area contributed by atoms with Crippen molar-refractivity contribution < 1.29 is 13.2 Å². The Balaban J connectivity index is 0.00000364. The van der Waals surface area contributed by atoms with Gasteiger partial charge in [0, 0.05) is 19.0 Å². The maximum Gasteiger partial charge on any atom is 0.434 e. The fraction of sp³-hybridized carbons (Fsp3) is 0.765. The number of piperidine rings is 1. The van der Waals surface area contributed by atoms with Crippen LogP contribution < -0.4 is 10.6 Å². The molecule has 0 saturated carbocycles.